The molecule has 0 aliphatic heterocycles. The van der Waals surface area contributed by atoms with Gasteiger partial charge in [0.25, 0.3) is 0 Å². The third-order valence-electron chi connectivity index (χ3n) is 3.13. The van der Waals surface area contributed by atoms with Crippen molar-refractivity contribution in [3.8, 4) is 0 Å². The fourth-order valence-electron chi connectivity index (χ4n) is 2.07. The third kappa shape index (κ3) is 3.31. The Morgan fingerprint density at radius 1 is 1.24 bits per heavy atom. The Balaban J connectivity index is 1.64. The number of nitrogens with zero attached hydrogens (tertiary/aromatic N) is 1. The van der Waals surface area contributed by atoms with Crippen LogP contribution < -0.4 is 0 Å². The molecule has 2 aromatic heterocycles. The van der Waals surface area contributed by atoms with E-state index in [-0.39, 0.29) is 12.4 Å². The van der Waals surface area contributed by atoms with E-state index in [1.165, 1.54) is 0 Å². The van der Waals surface area contributed by atoms with Gasteiger partial charge >= 0.3 is 5.97 Å². The number of pyridine rings is 1. The molecule has 0 fully saturated rings. The number of rotatable bonds is 4. The summed E-state index contributed by atoms with van der Waals surface area (Å²) in [6.07, 6.45) is 3.73. The number of hydrogen-bond acceptors (Lipinski definition) is 3. The van der Waals surface area contributed by atoms with Gasteiger partial charge in [0.2, 0.25) is 0 Å². The van der Waals surface area contributed by atoms with E-state index in [2.05, 4.69) is 25.9 Å². The van der Waals surface area contributed by atoms with E-state index in [0.717, 1.165) is 26.6 Å². The smallest absolute Gasteiger partial charge is 0.310 e. The number of H-pyrrole nitrogens is 1. The van der Waals surface area contributed by atoms with Crippen LogP contribution in [0.2, 0.25) is 0 Å². The number of aromatic nitrogens is 2. The van der Waals surface area contributed by atoms with Crippen LogP contribution in [0.25, 0.3) is 11.0 Å². The molecule has 3 aromatic rings. The second kappa shape index (κ2) is 6.10. The van der Waals surface area contributed by atoms with Crippen molar-refractivity contribution in [2.24, 2.45) is 0 Å². The highest BCUT2D eigenvalue weighted by Gasteiger charge is 2.08. The predicted molar refractivity (Wildman–Crippen MR) is 83.7 cm³/mol. The molecule has 0 saturated heterocycles. The first-order chi connectivity index (χ1) is 10.2. The Bertz CT molecular complexity index is 768. The molecule has 106 valence electrons. The number of carbonyl (C=O) groups is 1. The van der Waals surface area contributed by atoms with Crippen LogP contribution in [0.3, 0.4) is 0 Å². The topological polar surface area (TPSA) is 55.0 Å². The molecule has 0 unspecified atom stereocenters. The lowest BCUT2D eigenvalue weighted by Gasteiger charge is -2.05. The number of halogens is 1. The minimum Gasteiger partial charge on any atom is -0.461 e. The van der Waals surface area contributed by atoms with E-state index >= 15 is 0 Å². The summed E-state index contributed by atoms with van der Waals surface area (Å²) in [7, 11) is 0. The molecule has 0 atom stereocenters. The number of aromatic amines is 1. The molecule has 0 radical (unpaired) electrons. The fraction of sp³-hybridized carbons (Fsp3) is 0.125. The Labute approximate surface area is 130 Å². The van der Waals surface area contributed by atoms with E-state index < -0.39 is 0 Å². The Kier molecular flexibility index (Phi) is 4.01. The van der Waals surface area contributed by atoms with Gasteiger partial charge in [0.05, 0.1) is 6.42 Å². The van der Waals surface area contributed by atoms with Gasteiger partial charge in [-0.2, -0.15) is 0 Å². The highest BCUT2D eigenvalue weighted by Crippen LogP contribution is 2.22. The highest BCUT2D eigenvalue weighted by molar-refractivity contribution is 9.10. The van der Waals surface area contributed by atoms with Crippen LogP contribution >= 0.6 is 15.9 Å². The van der Waals surface area contributed by atoms with Crippen molar-refractivity contribution in [2.75, 3.05) is 0 Å². The van der Waals surface area contributed by atoms with Gasteiger partial charge < -0.3 is 9.72 Å². The standard InChI is InChI=1S/C16H13BrN2O2/c17-14-9-19-16-13(14)6-12(8-18-16)7-15(20)21-10-11-4-2-1-3-5-11/h1-6,8-9H,7,10H2,(H,18,19). The number of ether oxygens (including phenoxy) is 1. The van der Waals surface area contributed by atoms with Gasteiger partial charge in [0.15, 0.2) is 0 Å². The van der Waals surface area contributed by atoms with Gasteiger partial charge in [-0.3, -0.25) is 4.79 Å². The largest absolute Gasteiger partial charge is 0.461 e. The summed E-state index contributed by atoms with van der Waals surface area (Å²) in [6.45, 7) is 0.295. The molecule has 0 spiro atoms. The van der Waals surface area contributed by atoms with Crippen LogP contribution in [0.15, 0.2) is 53.3 Å². The van der Waals surface area contributed by atoms with Crippen LogP contribution in [0.5, 0.6) is 0 Å². The first kappa shape index (κ1) is 13.8. The van der Waals surface area contributed by atoms with Crippen LogP contribution in [0.1, 0.15) is 11.1 Å². The minimum absolute atomic E-state index is 0.216. The van der Waals surface area contributed by atoms with Crippen LogP contribution in [-0.2, 0) is 22.6 Å². The molecule has 5 heteroatoms. The zero-order valence-electron chi connectivity index (χ0n) is 11.2. The lowest BCUT2D eigenvalue weighted by molar-refractivity contribution is -0.144. The number of fused-ring (bicyclic) bond motifs is 1. The highest BCUT2D eigenvalue weighted by atomic mass is 79.9. The zero-order valence-corrected chi connectivity index (χ0v) is 12.8. The molecule has 0 amide bonds. The van der Waals surface area contributed by atoms with Gasteiger partial charge in [-0.25, -0.2) is 4.98 Å². The Morgan fingerprint density at radius 3 is 2.86 bits per heavy atom. The normalized spacial score (nSPS) is 10.7. The summed E-state index contributed by atoms with van der Waals surface area (Å²) < 4.78 is 6.20. The van der Waals surface area contributed by atoms with E-state index in [1.807, 2.05) is 42.6 Å². The van der Waals surface area contributed by atoms with Crippen molar-refractivity contribution in [3.63, 3.8) is 0 Å². The van der Waals surface area contributed by atoms with Crippen molar-refractivity contribution >= 4 is 32.9 Å². The molecule has 1 aromatic carbocycles. The Morgan fingerprint density at radius 2 is 2.05 bits per heavy atom. The van der Waals surface area contributed by atoms with Gasteiger partial charge in [-0.05, 0) is 33.1 Å². The SMILES string of the molecule is O=C(Cc1cnc2[nH]cc(Br)c2c1)OCc1ccccc1. The predicted octanol–water partition coefficient (Wildman–Crippen LogP) is 3.61. The van der Waals surface area contributed by atoms with E-state index in [4.69, 9.17) is 4.74 Å². The Hall–Kier alpha value is -2.14. The van der Waals surface area contributed by atoms with Crippen molar-refractivity contribution < 1.29 is 9.53 Å². The third-order valence-corrected chi connectivity index (χ3v) is 3.78. The van der Waals surface area contributed by atoms with Crippen molar-refractivity contribution in [1.29, 1.82) is 0 Å². The van der Waals surface area contributed by atoms with Crippen LogP contribution in [-0.4, -0.2) is 15.9 Å². The lowest BCUT2D eigenvalue weighted by Crippen LogP contribution is -2.08. The van der Waals surface area contributed by atoms with Gasteiger partial charge in [-0.1, -0.05) is 30.3 Å². The van der Waals surface area contributed by atoms with Gasteiger partial charge in [-0.15, -0.1) is 0 Å². The molecule has 0 aliphatic rings. The number of benzene rings is 1. The summed E-state index contributed by atoms with van der Waals surface area (Å²) in [4.78, 5) is 19.2. The second-order valence-corrected chi connectivity index (χ2v) is 5.55. The van der Waals surface area contributed by atoms with E-state index in [0.29, 0.717) is 6.61 Å². The number of hydrogen-bond donors (Lipinski definition) is 1. The number of carbonyl (C=O) groups excluding carboxylic acids is 1. The first-order valence-electron chi connectivity index (χ1n) is 6.53. The molecular weight excluding hydrogens is 332 g/mol. The fourth-order valence-corrected chi connectivity index (χ4v) is 2.48. The molecule has 2 heterocycles. The monoisotopic (exact) mass is 344 g/mol. The molecule has 0 aliphatic carbocycles. The van der Waals surface area contributed by atoms with Crippen LogP contribution in [0.4, 0.5) is 0 Å². The molecule has 3 rings (SSSR count). The summed E-state index contributed by atoms with van der Waals surface area (Å²) in [5, 5.41) is 0.961. The average Bonchev–Trinajstić information content (AvgIpc) is 2.87. The van der Waals surface area contributed by atoms with Gasteiger partial charge in [0.1, 0.15) is 12.3 Å². The molecular formula is C16H13BrN2O2. The van der Waals surface area contributed by atoms with Gasteiger partial charge in [0, 0.05) is 22.3 Å². The van der Waals surface area contributed by atoms with Crippen molar-refractivity contribution in [3.05, 3.63) is 64.4 Å². The van der Waals surface area contributed by atoms with E-state index in [1.54, 1.807) is 6.20 Å². The number of nitrogens with one attached hydrogen (secondary N) is 1. The first-order valence-corrected chi connectivity index (χ1v) is 7.33. The summed E-state index contributed by atoms with van der Waals surface area (Å²) in [6, 6.07) is 11.6. The van der Waals surface area contributed by atoms with Crippen molar-refractivity contribution in [2.45, 2.75) is 13.0 Å². The second-order valence-electron chi connectivity index (χ2n) is 4.70. The lowest BCUT2D eigenvalue weighted by atomic mass is 10.2. The molecule has 0 saturated carbocycles. The summed E-state index contributed by atoms with van der Waals surface area (Å²) >= 11 is 3.44. The molecule has 1 N–H and O–H groups in total. The molecule has 0 bridgehead atoms. The average molecular weight is 345 g/mol. The molecule has 4 nitrogen and oxygen atoms in total. The molecule has 21 heavy (non-hydrogen) atoms. The zero-order chi connectivity index (χ0) is 14.7. The van der Waals surface area contributed by atoms with E-state index in [9.17, 15) is 4.79 Å². The van der Waals surface area contributed by atoms with Crippen LogP contribution in [0, 0.1) is 0 Å². The maximum absolute atomic E-state index is 11.9. The van der Waals surface area contributed by atoms with Crippen molar-refractivity contribution in [1.82, 2.24) is 9.97 Å². The number of esters is 1. The minimum atomic E-state index is -0.258. The quantitative estimate of drug-likeness (QED) is 0.735. The summed E-state index contributed by atoms with van der Waals surface area (Å²) in [5.74, 6) is -0.258. The maximum atomic E-state index is 11.9. The maximum Gasteiger partial charge on any atom is 0.310 e. The summed E-state index contributed by atoms with van der Waals surface area (Å²) in [5.41, 5.74) is 2.61.